The first kappa shape index (κ1) is 20.9. The summed E-state index contributed by atoms with van der Waals surface area (Å²) in [6.45, 7) is 3.60. The van der Waals surface area contributed by atoms with Gasteiger partial charge in [-0.05, 0) is 49.2 Å². The van der Waals surface area contributed by atoms with E-state index < -0.39 is 9.84 Å². The summed E-state index contributed by atoms with van der Waals surface area (Å²) in [7, 11) is -3.06. The zero-order valence-electron chi connectivity index (χ0n) is 16.6. The van der Waals surface area contributed by atoms with E-state index in [1.807, 2.05) is 31.2 Å². The third-order valence-electron chi connectivity index (χ3n) is 5.11. The molecule has 2 aliphatic rings. The number of halogens is 1. The van der Waals surface area contributed by atoms with E-state index in [2.05, 4.69) is 10.3 Å². The number of carbonyl (C=O) groups excluding carboxylic acids is 1. The molecule has 6 nitrogen and oxygen atoms in total. The molecule has 0 aliphatic carbocycles. The predicted octanol–water partition coefficient (Wildman–Crippen LogP) is 3.16. The van der Waals surface area contributed by atoms with Gasteiger partial charge in [-0.25, -0.2) is 12.8 Å². The summed E-state index contributed by atoms with van der Waals surface area (Å²) in [6, 6.07) is 12.0. The number of benzene rings is 2. The van der Waals surface area contributed by atoms with E-state index >= 15 is 0 Å². The number of nitrogens with zero attached hydrogens (tertiary/aromatic N) is 2. The number of aliphatic imine (C=N–C) groups is 1. The average molecular weight is 448 g/mol. The zero-order chi connectivity index (χ0) is 21.5. The Labute approximate surface area is 179 Å². The molecule has 0 radical (unpaired) electrons. The molecule has 158 valence electrons. The van der Waals surface area contributed by atoms with Crippen molar-refractivity contribution in [1.82, 2.24) is 0 Å². The van der Waals surface area contributed by atoms with E-state index in [9.17, 15) is 17.6 Å². The Kier molecular flexibility index (Phi) is 5.59. The number of anilines is 2. The van der Waals surface area contributed by atoms with Gasteiger partial charge in [0.2, 0.25) is 5.91 Å². The van der Waals surface area contributed by atoms with Gasteiger partial charge in [-0.3, -0.25) is 9.79 Å². The molecule has 0 aromatic heterocycles. The molecule has 1 saturated heterocycles. The monoisotopic (exact) mass is 447 g/mol. The van der Waals surface area contributed by atoms with Crippen LogP contribution in [0.25, 0.3) is 0 Å². The number of sulfone groups is 1. The highest BCUT2D eigenvalue weighted by Gasteiger charge is 2.44. The lowest BCUT2D eigenvalue weighted by Gasteiger charge is -2.24. The van der Waals surface area contributed by atoms with Crippen molar-refractivity contribution in [2.24, 2.45) is 4.99 Å². The van der Waals surface area contributed by atoms with Gasteiger partial charge >= 0.3 is 0 Å². The summed E-state index contributed by atoms with van der Waals surface area (Å²) in [5.41, 5.74) is 2.73. The summed E-state index contributed by atoms with van der Waals surface area (Å²) in [6.07, 6.45) is 0. The Morgan fingerprint density at radius 1 is 1.23 bits per heavy atom. The van der Waals surface area contributed by atoms with E-state index in [4.69, 9.17) is 0 Å². The van der Waals surface area contributed by atoms with Crippen LogP contribution in [0.15, 0.2) is 47.5 Å². The smallest absolute Gasteiger partial charge is 0.244 e. The molecule has 1 fully saturated rings. The topological polar surface area (TPSA) is 78.8 Å². The van der Waals surface area contributed by atoms with Crippen molar-refractivity contribution in [3.8, 4) is 0 Å². The van der Waals surface area contributed by atoms with Gasteiger partial charge in [-0.15, -0.1) is 0 Å². The van der Waals surface area contributed by atoms with E-state index in [0.717, 1.165) is 11.3 Å². The molecule has 0 spiro atoms. The first-order chi connectivity index (χ1) is 14.2. The highest BCUT2D eigenvalue weighted by Crippen LogP contribution is 2.36. The summed E-state index contributed by atoms with van der Waals surface area (Å²) < 4.78 is 37.6. The SMILES string of the molecule is Cc1cccc(N(CC(=O)Nc2ccc(C)c(F)c2)C2=N[C@@H]3CS(=O)(=O)C[C@@H]3S2)c1. The molecule has 2 aliphatic heterocycles. The maximum absolute atomic E-state index is 13.8. The number of nitrogens with one attached hydrogen (secondary N) is 1. The first-order valence-corrected chi connectivity index (χ1v) is 12.3. The molecular formula is C21H22FN3O3S2. The van der Waals surface area contributed by atoms with Crippen molar-refractivity contribution in [2.45, 2.75) is 25.1 Å². The van der Waals surface area contributed by atoms with Crippen LogP contribution in [0.4, 0.5) is 15.8 Å². The van der Waals surface area contributed by atoms with Gasteiger partial charge in [0.25, 0.3) is 0 Å². The van der Waals surface area contributed by atoms with Crippen LogP contribution in [0.1, 0.15) is 11.1 Å². The Balaban J connectivity index is 1.57. The largest absolute Gasteiger partial charge is 0.324 e. The van der Waals surface area contributed by atoms with Crippen LogP contribution in [0.2, 0.25) is 0 Å². The van der Waals surface area contributed by atoms with Gasteiger partial charge < -0.3 is 10.2 Å². The molecule has 0 saturated carbocycles. The number of aryl methyl sites for hydroxylation is 2. The fourth-order valence-corrected chi connectivity index (χ4v) is 7.33. The summed E-state index contributed by atoms with van der Waals surface area (Å²) >= 11 is 1.40. The Morgan fingerprint density at radius 3 is 2.73 bits per heavy atom. The lowest BCUT2D eigenvalue weighted by Crippen LogP contribution is -2.36. The molecule has 1 amide bonds. The summed E-state index contributed by atoms with van der Waals surface area (Å²) in [4.78, 5) is 19.2. The summed E-state index contributed by atoms with van der Waals surface area (Å²) in [5.74, 6) is -0.544. The number of thioether (sulfide) groups is 1. The van der Waals surface area contributed by atoms with Crippen LogP contribution in [0, 0.1) is 19.7 Å². The van der Waals surface area contributed by atoms with Crippen LogP contribution in [0.3, 0.4) is 0 Å². The molecule has 4 rings (SSSR count). The van der Waals surface area contributed by atoms with Gasteiger partial charge in [0, 0.05) is 16.6 Å². The van der Waals surface area contributed by atoms with Crippen molar-refractivity contribution in [3.05, 3.63) is 59.4 Å². The second-order valence-electron chi connectivity index (χ2n) is 7.65. The van der Waals surface area contributed by atoms with Crippen LogP contribution in [-0.2, 0) is 14.6 Å². The molecule has 9 heteroatoms. The van der Waals surface area contributed by atoms with Gasteiger partial charge in [-0.2, -0.15) is 0 Å². The molecule has 2 aromatic carbocycles. The van der Waals surface area contributed by atoms with Crippen molar-refractivity contribution < 1.29 is 17.6 Å². The Bertz CT molecular complexity index is 1130. The predicted molar refractivity (Wildman–Crippen MR) is 120 cm³/mol. The Hall–Kier alpha value is -2.39. The highest BCUT2D eigenvalue weighted by molar-refractivity contribution is 8.15. The number of hydrogen-bond acceptors (Lipinski definition) is 6. The standard InChI is InChI=1S/C21H22FN3O3S2/c1-13-4-3-5-16(8-13)25(21-24-18-11-30(27,28)12-19(18)29-21)10-20(26)23-15-7-6-14(2)17(22)9-15/h3-9,18-19H,10-12H2,1-2H3,(H,23,26)/t18-,19+/m1/s1. The van der Waals surface area contributed by atoms with Crippen LogP contribution in [0.5, 0.6) is 0 Å². The Morgan fingerprint density at radius 2 is 2.03 bits per heavy atom. The summed E-state index contributed by atoms with van der Waals surface area (Å²) in [5, 5.41) is 3.25. The maximum atomic E-state index is 13.8. The number of amides is 1. The minimum Gasteiger partial charge on any atom is -0.324 e. The molecule has 2 aromatic rings. The second-order valence-corrected chi connectivity index (χ2v) is 11.0. The number of amidine groups is 1. The van der Waals surface area contributed by atoms with E-state index in [1.54, 1.807) is 24.0 Å². The minimum absolute atomic E-state index is 0.0169. The highest BCUT2D eigenvalue weighted by atomic mass is 32.2. The molecule has 30 heavy (non-hydrogen) atoms. The minimum atomic E-state index is -3.06. The molecule has 2 atom stereocenters. The van der Waals surface area contributed by atoms with Gasteiger partial charge in [0.05, 0.1) is 17.5 Å². The first-order valence-electron chi connectivity index (χ1n) is 9.55. The van der Waals surface area contributed by atoms with E-state index in [0.29, 0.717) is 16.4 Å². The van der Waals surface area contributed by atoms with E-state index in [-0.39, 0.29) is 41.1 Å². The fourth-order valence-electron chi connectivity index (χ4n) is 3.55. The fraction of sp³-hybridized carbons (Fsp3) is 0.333. The number of carbonyl (C=O) groups is 1. The molecule has 0 bridgehead atoms. The van der Waals surface area contributed by atoms with Crippen molar-refractivity contribution >= 4 is 44.0 Å². The lowest BCUT2D eigenvalue weighted by molar-refractivity contribution is -0.114. The molecule has 2 heterocycles. The number of rotatable bonds is 4. The van der Waals surface area contributed by atoms with Crippen molar-refractivity contribution in [3.63, 3.8) is 0 Å². The van der Waals surface area contributed by atoms with Crippen LogP contribution < -0.4 is 10.2 Å². The molecular weight excluding hydrogens is 425 g/mol. The normalized spacial score (nSPS) is 21.8. The molecule has 0 unspecified atom stereocenters. The third-order valence-corrected chi connectivity index (χ3v) is 8.35. The number of hydrogen-bond donors (Lipinski definition) is 1. The van der Waals surface area contributed by atoms with Gasteiger partial charge in [0.15, 0.2) is 15.0 Å². The van der Waals surface area contributed by atoms with E-state index in [1.165, 1.54) is 17.8 Å². The quantitative estimate of drug-likeness (QED) is 0.779. The lowest BCUT2D eigenvalue weighted by atomic mass is 10.2. The van der Waals surface area contributed by atoms with Gasteiger partial charge in [0.1, 0.15) is 12.4 Å². The van der Waals surface area contributed by atoms with Crippen molar-refractivity contribution in [1.29, 1.82) is 0 Å². The van der Waals surface area contributed by atoms with Crippen LogP contribution in [-0.4, -0.2) is 48.8 Å². The molecule has 1 N–H and O–H groups in total. The maximum Gasteiger partial charge on any atom is 0.244 e. The van der Waals surface area contributed by atoms with Crippen LogP contribution >= 0.6 is 11.8 Å². The van der Waals surface area contributed by atoms with Gasteiger partial charge in [-0.1, -0.05) is 30.0 Å². The second kappa shape index (κ2) is 8.03. The third kappa shape index (κ3) is 4.52. The van der Waals surface area contributed by atoms with Crippen molar-refractivity contribution in [2.75, 3.05) is 28.3 Å². The number of fused-ring (bicyclic) bond motifs is 1. The average Bonchev–Trinajstić information content (AvgIpc) is 3.16. The zero-order valence-corrected chi connectivity index (χ0v) is 18.3.